The number of benzene rings is 1. The number of hydrogen-bond acceptors (Lipinski definition) is 5. The molecule has 0 fully saturated rings. The van der Waals surface area contributed by atoms with E-state index >= 15 is 0 Å². The number of aromatic amines is 1. The second-order valence-electron chi connectivity index (χ2n) is 7.46. The van der Waals surface area contributed by atoms with E-state index in [0.717, 1.165) is 11.8 Å². The van der Waals surface area contributed by atoms with Crippen LogP contribution in [0.4, 0.5) is 5.69 Å². The molecule has 2 N–H and O–H groups in total. The van der Waals surface area contributed by atoms with Gasteiger partial charge in [-0.2, -0.15) is 0 Å². The molecule has 1 amide bonds. The molecule has 0 saturated carbocycles. The summed E-state index contributed by atoms with van der Waals surface area (Å²) >= 11 is 0. The second kappa shape index (κ2) is 6.01. The predicted octanol–water partition coefficient (Wildman–Crippen LogP) is 1.80. The molecule has 0 saturated heterocycles. The Hall–Kier alpha value is -3.09. The number of nitrogens with zero attached hydrogens (tertiary/aromatic N) is 1. The van der Waals surface area contributed by atoms with E-state index in [0.29, 0.717) is 11.1 Å². The molecule has 7 nitrogen and oxygen atoms in total. The Labute approximate surface area is 149 Å². The minimum absolute atomic E-state index is 0.0851. The number of amides is 1. The van der Waals surface area contributed by atoms with Crippen LogP contribution < -0.4 is 21.1 Å². The summed E-state index contributed by atoms with van der Waals surface area (Å²) in [4.78, 5) is 41.9. The highest BCUT2D eigenvalue weighted by molar-refractivity contribution is 5.94. The summed E-state index contributed by atoms with van der Waals surface area (Å²) in [6.07, 6.45) is 0. The molecule has 0 aromatic heterocycles. The Morgan fingerprint density at radius 1 is 1.15 bits per heavy atom. The minimum atomic E-state index is -0.781. The number of anilines is 1. The molecule has 0 unspecified atom stereocenters. The fraction of sp³-hybridized carbons (Fsp3) is 0.316. The third-order valence-corrected chi connectivity index (χ3v) is 3.89. The number of carbonyl (C=O) groups is 1. The highest BCUT2D eigenvalue weighted by Crippen LogP contribution is 2.20. The Kier molecular flexibility index (Phi) is 4.10. The topological polar surface area (TPSA) is 95.4 Å². The van der Waals surface area contributed by atoms with Crippen LogP contribution in [0.1, 0.15) is 31.1 Å². The molecular formula is C19H21N3O4. The van der Waals surface area contributed by atoms with Crippen molar-refractivity contribution in [2.75, 3.05) is 19.0 Å². The normalized spacial score (nSPS) is 11.7. The van der Waals surface area contributed by atoms with Crippen molar-refractivity contribution in [2.45, 2.75) is 26.3 Å². The molecule has 136 valence electrons. The van der Waals surface area contributed by atoms with Crippen LogP contribution in [0.15, 0.2) is 38.3 Å². The van der Waals surface area contributed by atoms with E-state index < -0.39 is 22.3 Å². The zero-order valence-corrected chi connectivity index (χ0v) is 15.4. The van der Waals surface area contributed by atoms with E-state index in [9.17, 15) is 14.4 Å². The molecule has 2 aliphatic rings. The van der Waals surface area contributed by atoms with Crippen molar-refractivity contribution >= 4 is 22.7 Å². The van der Waals surface area contributed by atoms with Crippen LogP contribution in [0.2, 0.25) is 0 Å². The minimum Gasteiger partial charge on any atom is -0.449 e. The molecule has 7 heteroatoms. The molecule has 1 heterocycles. The van der Waals surface area contributed by atoms with Gasteiger partial charge in [0.2, 0.25) is 10.8 Å². The van der Waals surface area contributed by atoms with Gasteiger partial charge in [0.05, 0.1) is 16.4 Å². The smallest absolute Gasteiger partial charge is 0.270 e. The molecule has 1 aliphatic heterocycles. The summed E-state index contributed by atoms with van der Waals surface area (Å²) in [5.41, 5.74) is -0.193. The van der Waals surface area contributed by atoms with Gasteiger partial charge in [-0.25, -0.2) is 0 Å². The predicted molar refractivity (Wildman–Crippen MR) is 100.0 cm³/mol. The molecule has 0 radical (unpaired) electrons. The fourth-order valence-corrected chi connectivity index (χ4v) is 2.65. The highest BCUT2D eigenvalue weighted by atomic mass is 16.3. The Morgan fingerprint density at radius 3 is 2.46 bits per heavy atom. The summed E-state index contributed by atoms with van der Waals surface area (Å²) in [6, 6.07) is 6.50. The lowest BCUT2D eigenvalue weighted by Gasteiger charge is -2.20. The van der Waals surface area contributed by atoms with Crippen LogP contribution in [-0.4, -0.2) is 30.5 Å². The number of fused-ring (bicyclic) bond motifs is 1. The van der Waals surface area contributed by atoms with Gasteiger partial charge in [0, 0.05) is 37.5 Å². The van der Waals surface area contributed by atoms with E-state index in [1.807, 2.05) is 45.8 Å². The van der Waals surface area contributed by atoms with Crippen molar-refractivity contribution in [3.63, 3.8) is 0 Å². The largest absolute Gasteiger partial charge is 0.449 e. The summed E-state index contributed by atoms with van der Waals surface area (Å²) < 4.78 is 5.72. The van der Waals surface area contributed by atoms with Crippen LogP contribution in [0, 0.1) is 10.8 Å². The average Bonchev–Trinajstić information content (AvgIpc) is 2.54. The van der Waals surface area contributed by atoms with Crippen molar-refractivity contribution in [3.05, 3.63) is 61.0 Å². The molecule has 26 heavy (non-hydrogen) atoms. The van der Waals surface area contributed by atoms with Gasteiger partial charge >= 0.3 is 0 Å². The first-order chi connectivity index (χ1) is 12.1. The van der Waals surface area contributed by atoms with Crippen LogP contribution in [0.5, 0.6) is 0 Å². The van der Waals surface area contributed by atoms with E-state index in [4.69, 9.17) is 4.42 Å². The number of H-pyrrole nitrogens is 1. The van der Waals surface area contributed by atoms with Gasteiger partial charge in [0.25, 0.3) is 11.3 Å². The molecule has 0 atom stereocenters. The average molecular weight is 355 g/mol. The molecule has 1 aromatic carbocycles. The molecule has 1 aromatic rings. The maximum atomic E-state index is 12.6. The zero-order valence-electron chi connectivity index (χ0n) is 15.4. The first-order valence-electron chi connectivity index (χ1n) is 8.20. The van der Waals surface area contributed by atoms with Crippen molar-refractivity contribution in [1.82, 2.24) is 10.3 Å². The van der Waals surface area contributed by atoms with Gasteiger partial charge < -0.3 is 19.6 Å². The van der Waals surface area contributed by atoms with Gasteiger partial charge in [0.15, 0.2) is 5.58 Å². The molecule has 3 rings (SSSR count). The summed E-state index contributed by atoms with van der Waals surface area (Å²) in [6.45, 7) is 5.50. The van der Waals surface area contributed by atoms with Crippen molar-refractivity contribution in [3.8, 4) is 0 Å². The second-order valence-corrected chi connectivity index (χ2v) is 7.46. The third kappa shape index (κ3) is 3.20. The number of rotatable bonds is 2. The SMILES string of the molecule is CN(C)c1ccc2[nH]c3c(C(=O)NC(C)(C)C)cc(=O)c(=O)c=3oc2c1. The highest BCUT2D eigenvalue weighted by Gasteiger charge is 2.20. The molecular weight excluding hydrogens is 334 g/mol. The van der Waals surface area contributed by atoms with Crippen LogP contribution in [0.3, 0.4) is 0 Å². The fourth-order valence-electron chi connectivity index (χ4n) is 2.65. The van der Waals surface area contributed by atoms with Gasteiger partial charge in [-0.3, -0.25) is 14.4 Å². The Bertz CT molecular complexity index is 1180. The number of carbonyl (C=O) groups excluding carboxylic acids is 1. The lowest BCUT2D eigenvalue weighted by molar-refractivity contribution is 0.0918. The Balaban J connectivity index is 2.37. The van der Waals surface area contributed by atoms with Gasteiger partial charge in [-0.05, 0) is 32.9 Å². The van der Waals surface area contributed by atoms with E-state index in [1.165, 1.54) is 0 Å². The first-order valence-corrected chi connectivity index (χ1v) is 8.20. The van der Waals surface area contributed by atoms with Gasteiger partial charge in [0.1, 0.15) is 0 Å². The van der Waals surface area contributed by atoms with Crippen LogP contribution >= 0.6 is 0 Å². The Morgan fingerprint density at radius 2 is 1.85 bits per heavy atom. The quantitative estimate of drug-likeness (QED) is 0.684. The van der Waals surface area contributed by atoms with E-state index in [1.54, 1.807) is 12.1 Å². The third-order valence-electron chi connectivity index (χ3n) is 3.89. The standard InChI is InChI=1S/C19H21N3O4/c1-19(2,3)21-18(25)11-9-13(23)16(24)17-15(11)20-12-7-6-10(22(4)5)8-14(12)26-17/h6-9,20H,1-5H3,(H,21,25). The maximum absolute atomic E-state index is 12.6. The monoisotopic (exact) mass is 355 g/mol. The van der Waals surface area contributed by atoms with Gasteiger partial charge in [-0.1, -0.05) is 0 Å². The van der Waals surface area contributed by atoms with Crippen LogP contribution in [-0.2, 0) is 0 Å². The zero-order chi connectivity index (χ0) is 19.2. The number of hydrogen-bond donors (Lipinski definition) is 2. The lowest BCUT2D eigenvalue weighted by atomic mass is 10.1. The molecule has 0 spiro atoms. The van der Waals surface area contributed by atoms with Crippen molar-refractivity contribution < 1.29 is 9.21 Å². The maximum Gasteiger partial charge on any atom is 0.270 e. The van der Waals surface area contributed by atoms with E-state index in [-0.39, 0.29) is 16.3 Å². The summed E-state index contributed by atoms with van der Waals surface area (Å²) in [5.74, 6) is -0.449. The van der Waals surface area contributed by atoms with Gasteiger partial charge in [-0.15, -0.1) is 0 Å². The van der Waals surface area contributed by atoms with E-state index in [2.05, 4.69) is 10.3 Å². The lowest BCUT2D eigenvalue weighted by Crippen LogP contribution is -2.41. The van der Waals surface area contributed by atoms with Crippen LogP contribution in [0.25, 0.3) is 11.1 Å². The number of nitrogens with one attached hydrogen (secondary N) is 2. The summed E-state index contributed by atoms with van der Waals surface area (Å²) in [5, 5.41) is 3.01. The van der Waals surface area contributed by atoms with Crippen molar-refractivity contribution in [2.24, 2.45) is 0 Å². The summed E-state index contributed by atoms with van der Waals surface area (Å²) in [7, 11) is 3.77. The van der Waals surface area contributed by atoms with Crippen molar-refractivity contribution in [1.29, 1.82) is 0 Å². The number of aromatic nitrogens is 1. The molecule has 0 bridgehead atoms. The molecule has 1 aliphatic carbocycles. The first kappa shape index (κ1) is 17.7.